The summed E-state index contributed by atoms with van der Waals surface area (Å²) in [6, 6.07) is 8.12. The van der Waals surface area contributed by atoms with E-state index in [2.05, 4.69) is 15.3 Å². The van der Waals surface area contributed by atoms with Crippen LogP contribution in [0, 0.1) is 0 Å². The number of halogens is 3. The number of rotatable bonds is 10. The van der Waals surface area contributed by atoms with Crippen molar-refractivity contribution >= 4 is 41.3 Å². The number of hydrogen-bond acceptors (Lipinski definition) is 6. The Kier molecular flexibility index (Phi) is 9.13. The predicted octanol–water partition coefficient (Wildman–Crippen LogP) is 2.87. The Morgan fingerprint density at radius 2 is 2.06 bits per heavy atom. The Hall–Kier alpha value is -3.48. The van der Waals surface area contributed by atoms with Crippen molar-refractivity contribution in [3.8, 4) is 0 Å². The van der Waals surface area contributed by atoms with Crippen LogP contribution in [0.1, 0.15) is 5.69 Å². The molecule has 0 fully saturated rings. The number of guanidine groups is 1. The quantitative estimate of drug-likeness (QED) is 0.208. The number of nitrogens with one attached hydrogen (secondary N) is 1. The lowest BCUT2D eigenvalue weighted by Gasteiger charge is -2.18. The first-order valence-corrected chi connectivity index (χ1v) is 10.2. The van der Waals surface area contributed by atoms with Crippen LogP contribution in [0.3, 0.4) is 0 Å². The number of nitrogens with two attached hydrogens (primary N) is 1. The number of aromatic nitrogens is 1. The van der Waals surface area contributed by atoms with Crippen LogP contribution in [0.2, 0.25) is 0 Å². The summed E-state index contributed by atoms with van der Waals surface area (Å²) in [6.45, 7) is -1.15. The van der Waals surface area contributed by atoms with Crippen molar-refractivity contribution in [3.05, 3.63) is 54.4 Å². The molecule has 0 unspecified atom stereocenters. The second kappa shape index (κ2) is 11.8. The van der Waals surface area contributed by atoms with Gasteiger partial charge in [-0.15, -0.1) is 0 Å². The predicted molar refractivity (Wildman–Crippen MR) is 114 cm³/mol. The molecule has 0 saturated heterocycles. The standard InChI is InChI=1S/C19H20F3N5O4S/c20-19(21,22)12-24-18(23)26-14-4-1-3-13(25-14)11-32-10-8-27(16-5-2-9-31-16)15(28)6-7-17(29)30/h1-7,9H,8,10-12H2,(H,29,30)(H3,23,24,25,26)/b7-6-. The number of hydrogen-bond donors (Lipinski definition) is 3. The van der Waals surface area contributed by atoms with Crippen LogP contribution in [0.25, 0.3) is 0 Å². The van der Waals surface area contributed by atoms with Crippen LogP contribution in [0.15, 0.2) is 58.2 Å². The number of carbonyl (C=O) groups excluding carboxylic acids is 1. The molecule has 9 nitrogen and oxygen atoms in total. The van der Waals surface area contributed by atoms with Crippen LogP contribution in [-0.4, -0.2) is 52.9 Å². The fraction of sp³-hybridized carbons (Fsp3) is 0.263. The Morgan fingerprint density at radius 1 is 1.28 bits per heavy atom. The van der Waals surface area contributed by atoms with Gasteiger partial charge >= 0.3 is 12.1 Å². The molecule has 0 bridgehead atoms. The number of aliphatic imine (C=N–C) groups is 1. The molecule has 172 valence electrons. The summed E-state index contributed by atoms with van der Waals surface area (Å²) in [4.78, 5) is 31.7. The summed E-state index contributed by atoms with van der Waals surface area (Å²) in [7, 11) is 0. The van der Waals surface area contributed by atoms with Gasteiger partial charge in [-0.1, -0.05) is 6.07 Å². The van der Waals surface area contributed by atoms with Gasteiger partial charge < -0.3 is 20.6 Å². The van der Waals surface area contributed by atoms with Crippen molar-refractivity contribution < 1.29 is 32.3 Å². The van der Waals surface area contributed by atoms with E-state index in [4.69, 9.17) is 15.3 Å². The van der Waals surface area contributed by atoms with E-state index >= 15 is 0 Å². The van der Waals surface area contributed by atoms with Crippen molar-refractivity contribution in [2.75, 3.05) is 29.1 Å². The topological polar surface area (TPSA) is 134 Å². The average molecular weight is 471 g/mol. The van der Waals surface area contributed by atoms with Crippen LogP contribution in [-0.2, 0) is 15.3 Å². The lowest BCUT2D eigenvalue weighted by atomic mass is 10.4. The van der Waals surface area contributed by atoms with Crippen LogP contribution >= 0.6 is 11.8 Å². The zero-order valence-electron chi connectivity index (χ0n) is 16.6. The van der Waals surface area contributed by atoms with E-state index < -0.39 is 30.6 Å². The first-order valence-electron chi connectivity index (χ1n) is 9.07. The van der Waals surface area contributed by atoms with Gasteiger partial charge in [0.1, 0.15) is 12.4 Å². The monoisotopic (exact) mass is 471 g/mol. The molecule has 0 atom stereocenters. The molecular formula is C19H20F3N5O4S. The van der Waals surface area contributed by atoms with E-state index in [1.54, 1.807) is 24.3 Å². The van der Waals surface area contributed by atoms with Crippen molar-refractivity contribution in [1.29, 1.82) is 0 Å². The smallest absolute Gasteiger partial charge is 0.408 e. The number of thioether (sulfide) groups is 1. The molecule has 0 aliphatic rings. The van der Waals surface area contributed by atoms with Gasteiger partial charge in [-0.3, -0.25) is 9.69 Å². The molecule has 2 heterocycles. The highest BCUT2D eigenvalue weighted by Gasteiger charge is 2.26. The zero-order valence-corrected chi connectivity index (χ0v) is 17.4. The summed E-state index contributed by atoms with van der Waals surface area (Å²) in [6.07, 6.45) is -1.36. The minimum absolute atomic E-state index is 0.246. The largest absolute Gasteiger partial charge is 0.478 e. The fourth-order valence-corrected chi connectivity index (χ4v) is 3.12. The minimum Gasteiger partial charge on any atom is -0.478 e. The molecule has 4 N–H and O–H groups in total. The number of alkyl halides is 3. The van der Waals surface area contributed by atoms with Gasteiger partial charge in [0.25, 0.3) is 5.91 Å². The summed E-state index contributed by atoms with van der Waals surface area (Å²) in [5.74, 6) is -0.734. The second-order valence-electron chi connectivity index (χ2n) is 6.12. The Labute approximate surface area is 185 Å². The number of carbonyl (C=O) groups is 2. The van der Waals surface area contributed by atoms with E-state index in [9.17, 15) is 22.8 Å². The second-order valence-corrected chi connectivity index (χ2v) is 7.23. The third-order valence-electron chi connectivity index (χ3n) is 3.61. The molecule has 0 spiro atoms. The van der Waals surface area contributed by atoms with Crippen LogP contribution in [0.5, 0.6) is 0 Å². The first kappa shape index (κ1) is 24.8. The van der Waals surface area contributed by atoms with Gasteiger partial charge in [0, 0.05) is 36.3 Å². The Morgan fingerprint density at radius 3 is 2.72 bits per heavy atom. The molecule has 0 aliphatic heterocycles. The number of carboxylic acid groups (broad SMARTS) is 1. The van der Waals surface area contributed by atoms with E-state index in [-0.39, 0.29) is 18.2 Å². The normalized spacial score (nSPS) is 12.2. The summed E-state index contributed by atoms with van der Waals surface area (Å²) < 4.78 is 41.8. The highest BCUT2D eigenvalue weighted by atomic mass is 32.2. The summed E-state index contributed by atoms with van der Waals surface area (Å²) in [5.41, 5.74) is 6.07. The molecule has 1 amide bonds. The van der Waals surface area contributed by atoms with E-state index in [0.717, 1.165) is 12.2 Å². The van der Waals surface area contributed by atoms with Crippen LogP contribution < -0.4 is 16.0 Å². The third kappa shape index (κ3) is 9.12. The Balaban J connectivity index is 1.90. The van der Waals surface area contributed by atoms with E-state index in [1.807, 2.05) is 0 Å². The SMILES string of the molecule is NC(=NCC(F)(F)F)Nc1cccc(CSCCN(C(=O)/C=C\C(=O)O)c2ccco2)n1. The number of furan rings is 1. The third-order valence-corrected chi connectivity index (χ3v) is 4.58. The van der Waals surface area contributed by atoms with Crippen molar-refractivity contribution in [2.45, 2.75) is 11.9 Å². The highest BCUT2D eigenvalue weighted by molar-refractivity contribution is 7.98. The summed E-state index contributed by atoms with van der Waals surface area (Å²) in [5, 5.41) is 11.2. The van der Waals surface area contributed by atoms with Gasteiger partial charge in [-0.05, 0) is 18.2 Å². The first-order chi connectivity index (χ1) is 15.1. The maximum absolute atomic E-state index is 12.3. The molecule has 0 aliphatic carbocycles. The Bertz CT molecular complexity index is 964. The van der Waals surface area contributed by atoms with Gasteiger partial charge in [0.15, 0.2) is 5.96 Å². The van der Waals surface area contributed by atoms with E-state index in [0.29, 0.717) is 17.2 Å². The molecule has 32 heavy (non-hydrogen) atoms. The summed E-state index contributed by atoms with van der Waals surface area (Å²) >= 11 is 1.44. The van der Waals surface area contributed by atoms with Crippen molar-refractivity contribution in [1.82, 2.24) is 4.98 Å². The van der Waals surface area contributed by atoms with E-state index in [1.165, 1.54) is 29.0 Å². The number of carboxylic acids is 1. The van der Waals surface area contributed by atoms with Gasteiger partial charge in [-0.2, -0.15) is 24.9 Å². The van der Waals surface area contributed by atoms with Gasteiger partial charge in [0.2, 0.25) is 5.88 Å². The molecule has 0 aromatic carbocycles. The zero-order chi connectivity index (χ0) is 23.6. The fourth-order valence-electron chi connectivity index (χ4n) is 2.29. The van der Waals surface area contributed by atoms with Crippen molar-refractivity contribution in [3.63, 3.8) is 0 Å². The lowest BCUT2D eigenvalue weighted by molar-refractivity contribution is -0.131. The maximum atomic E-state index is 12.3. The van der Waals surface area contributed by atoms with Crippen molar-refractivity contribution in [2.24, 2.45) is 10.7 Å². The average Bonchev–Trinajstić information content (AvgIpc) is 3.25. The van der Waals surface area contributed by atoms with Gasteiger partial charge in [-0.25, -0.2) is 14.8 Å². The molecule has 2 rings (SSSR count). The molecule has 0 radical (unpaired) electrons. The number of pyridine rings is 1. The molecule has 2 aromatic rings. The molecular weight excluding hydrogens is 451 g/mol. The number of aliphatic carboxylic acids is 1. The molecule has 0 saturated carbocycles. The molecule has 13 heteroatoms. The lowest BCUT2D eigenvalue weighted by Crippen LogP contribution is -2.31. The van der Waals surface area contributed by atoms with Gasteiger partial charge in [0.05, 0.1) is 12.0 Å². The number of nitrogens with zero attached hydrogens (tertiary/aromatic N) is 3. The maximum Gasteiger partial charge on any atom is 0.408 e. The highest BCUT2D eigenvalue weighted by Crippen LogP contribution is 2.18. The number of amides is 1. The molecule has 2 aromatic heterocycles. The van der Waals surface area contributed by atoms with Crippen LogP contribution in [0.4, 0.5) is 24.9 Å². The number of anilines is 2. The minimum atomic E-state index is -4.45.